The lowest BCUT2D eigenvalue weighted by Crippen LogP contribution is -2.48. The number of aryl methyl sites for hydroxylation is 1. The van der Waals surface area contributed by atoms with Gasteiger partial charge >= 0.3 is 11.9 Å². The molecule has 0 aromatic carbocycles. The molecule has 1 aliphatic heterocycles. The van der Waals surface area contributed by atoms with Crippen molar-refractivity contribution in [2.45, 2.75) is 31.2 Å². The third-order valence-electron chi connectivity index (χ3n) is 3.51. The first-order chi connectivity index (χ1) is 10.1. The molecule has 0 bridgehead atoms. The van der Waals surface area contributed by atoms with Crippen molar-refractivity contribution in [2.75, 3.05) is 13.1 Å². The summed E-state index contributed by atoms with van der Waals surface area (Å²) in [7, 11) is 0. The Labute approximate surface area is 122 Å². The van der Waals surface area contributed by atoms with Crippen LogP contribution in [0.2, 0.25) is 0 Å². The average Bonchev–Trinajstić information content (AvgIpc) is 3.02. The molecule has 1 aliphatic rings. The van der Waals surface area contributed by atoms with Crippen molar-refractivity contribution in [3.63, 3.8) is 0 Å². The van der Waals surface area contributed by atoms with E-state index < -0.39 is 35.6 Å². The minimum Gasteiger partial charge on any atom is -0.379 e. The molecular weight excluding hydrogens is 309 g/mol. The molecule has 0 spiro atoms. The quantitative estimate of drug-likeness (QED) is 0.650. The molecule has 1 fully saturated rings. The van der Waals surface area contributed by atoms with Crippen LogP contribution in [0, 0.1) is 10.1 Å². The first kappa shape index (κ1) is 16.2. The zero-order chi connectivity index (χ0) is 16.5. The maximum absolute atomic E-state index is 12.6. The molecule has 1 amide bonds. The van der Waals surface area contributed by atoms with Gasteiger partial charge in [0, 0.05) is 25.9 Å². The van der Waals surface area contributed by atoms with Gasteiger partial charge in [-0.1, -0.05) is 0 Å². The summed E-state index contributed by atoms with van der Waals surface area (Å²) in [6.45, 7) is -0.976. The molecule has 2 rings (SSSR count). The molecule has 0 radical (unpaired) electrons. The van der Waals surface area contributed by atoms with E-state index in [4.69, 9.17) is 0 Å². The smallest absolute Gasteiger partial charge is 0.379 e. The maximum atomic E-state index is 12.6. The zero-order valence-electron chi connectivity index (χ0n) is 11.3. The average molecular weight is 322 g/mol. The second-order valence-corrected chi connectivity index (χ2v) is 5.06. The van der Waals surface area contributed by atoms with Crippen LogP contribution in [0.5, 0.6) is 0 Å². The summed E-state index contributed by atoms with van der Waals surface area (Å²) in [5.41, 5.74) is -3.10. The summed E-state index contributed by atoms with van der Waals surface area (Å²) in [5, 5.41) is 23.6. The number of hydrogen-bond donors (Lipinski definition) is 1. The Hall–Kier alpha value is -2.17. The lowest BCUT2D eigenvalue weighted by Gasteiger charge is -2.25. The number of carbonyl (C=O) groups is 1. The van der Waals surface area contributed by atoms with E-state index in [1.165, 1.54) is 4.68 Å². The van der Waals surface area contributed by atoms with Crippen LogP contribution in [0.3, 0.4) is 0 Å². The minimum atomic E-state index is -4.79. The fraction of sp³-hybridized carbons (Fsp3) is 0.636. The molecule has 8 nitrogen and oxygen atoms in total. The highest BCUT2D eigenvalue weighted by Gasteiger charge is 2.57. The molecule has 22 heavy (non-hydrogen) atoms. The van der Waals surface area contributed by atoms with E-state index in [2.05, 4.69) is 5.10 Å². The number of likely N-dealkylation sites (tertiary alicyclic amines) is 1. The van der Waals surface area contributed by atoms with Crippen molar-refractivity contribution in [3.8, 4) is 0 Å². The molecule has 0 aliphatic carbocycles. The summed E-state index contributed by atoms with van der Waals surface area (Å²) in [6.07, 6.45) is -3.36. The summed E-state index contributed by atoms with van der Waals surface area (Å²) in [4.78, 5) is 22.6. The van der Waals surface area contributed by atoms with Crippen LogP contribution in [0.1, 0.15) is 12.8 Å². The van der Waals surface area contributed by atoms with Gasteiger partial charge in [0.25, 0.3) is 0 Å². The number of alkyl halides is 3. The fourth-order valence-corrected chi connectivity index (χ4v) is 2.18. The molecule has 0 saturated carbocycles. The van der Waals surface area contributed by atoms with E-state index in [1.54, 1.807) is 0 Å². The second kappa shape index (κ2) is 5.55. The van der Waals surface area contributed by atoms with Gasteiger partial charge in [0.2, 0.25) is 5.91 Å². The van der Waals surface area contributed by atoms with Gasteiger partial charge in [-0.15, -0.1) is 0 Å². The van der Waals surface area contributed by atoms with E-state index in [0.29, 0.717) is 0 Å². The Balaban J connectivity index is 1.89. The topological polar surface area (TPSA) is 102 Å². The van der Waals surface area contributed by atoms with Crippen molar-refractivity contribution in [3.05, 3.63) is 22.5 Å². The number of amides is 1. The van der Waals surface area contributed by atoms with Crippen LogP contribution < -0.4 is 0 Å². The lowest BCUT2D eigenvalue weighted by atomic mass is 10.0. The van der Waals surface area contributed by atoms with Crippen LogP contribution in [0.4, 0.5) is 18.9 Å². The van der Waals surface area contributed by atoms with Gasteiger partial charge in [-0.3, -0.25) is 19.6 Å². The van der Waals surface area contributed by atoms with Crippen LogP contribution in [-0.4, -0.2) is 55.5 Å². The van der Waals surface area contributed by atoms with Gasteiger partial charge in [-0.05, 0) is 0 Å². The van der Waals surface area contributed by atoms with E-state index in [0.717, 1.165) is 17.3 Å². The molecule has 0 unspecified atom stereocenters. The Bertz CT molecular complexity index is 588. The fourth-order valence-electron chi connectivity index (χ4n) is 2.18. The Morgan fingerprint density at radius 2 is 2.23 bits per heavy atom. The molecular formula is C11H13F3N4O4. The second-order valence-electron chi connectivity index (χ2n) is 5.06. The molecule has 11 heteroatoms. The van der Waals surface area contributed by atoms with E-state index in [-0.39, 0.29) is 25.2 Å². The Kier molecular flexibility index (Phi) is 4.09. The Morgan fingerprint density at radius 1 is 1.55 bits per heavy atom. The van der Waals surface area contributed by atoms with Crippen molar-refractivity contribution >= 4 is 11.6 Å². The minimum absolute atomic E-state index is 0.00756. The van der Waals surface area contributed by atoms with E-state index in [9.17, 15) is 33.2 Å². The van der Waals surface area contributed by atoms with Gasteiger partial charge in [-0.2, -0.15) is 18.3 Å². The standard InChI is InChI=1S/C11H13F3N4O4/c12-11(13,14)10(20)2-4-16(7-10)9(19)1-3-17-6-8(5-15-17)18(21)22/h5-6,20H,1-4,7H2/t10-/m1/s1. The lowest BCUT2D eigenvalue weighted by molar-refractivity contribution is -0.385. The summed E-state index contributed by atoms with van der Waals surface area (Å²) < 4.78 is 39.1. The first-order valence-corrected chi connectivity index (χ1v) is 6.36. The molecule has 1 saturated heterocycles. The van der Waals surface area contributed by atoms with Gasteiger partial charge < -0.3 is 10.0 Å². The number of β-amino-alcohol motifs (C(OH)–C–C–N with tert-alkyl or cyclic N) is 1. The van der Waals surface area contributed by atoms with Crippen molar-refractivity contribution < 1.29 is 28.0 Å². The number of nitrogens with zero attached hydrogens (tertiary/aromatic N) is 4. The van der Waals surface area contributed by atoms with Crippen molar-refractivity contribution in [1.82, 2.24) is 14.7 Å². The number of carbonyl (C=O) groups excluding carboxylic acids is 1. The highest BCUT2D eigenvalue weighted by atomic mass is 19.4. The summed E-state index contributed by atoms with van der Waals surface area (Å²) in [5.74, 6) is -0.571. The van der Waals surface area contributed by atoms with E-state index >= 15 is 0 Å². The van der Waals surface area contributed by atoms with Gasteiger partial charge in [-0.25, -0.2) is 0 Å². The van der Waals surface area contributed by atoms with Gasteiger partial charge in [0.05, 0.1) is 11.5 Å². The molecule has 1 atom stereocenters. The SMILES string of the molecule is O=C(CCn1cc([N+](=O)[O-])cn1)N1CC[C@](O)(C(F)(F)F)C1. The van der Waals surface area contributed by atoms with Crippen molar-refractivity contribution in [2.24, 2.45) is 0 Å². The normalized spacial score (nSPS) is 22.1. The maximum Gasteiger partial charge on any atom is 0.419 e. The monoisotopic (exact) mass is 322 g/mol. The number of hydrogen-bond acceptors (Lipinski definition) is 5. The summed E-state index contributed by atoms with van der Waals surface area (Å²) in [6, 6.07) is 0. The molecule has 1 aromatic heterocycles. The highest BCUT2D eigenvalue weighted by Crippen LogP contribution is 2.37. The third kappa shape index (κ3) is 3.18. The zero-order valence-corrected chi connectivity index (χ0v) is 11.3. The van der Waals surface area contributed by atoms with E-state index in [1.807, 2.05) is 0 Å². The number of rotatable bonds is 4. The molecule has 122 valence electrons. The predicted molar refractivity (Wildman–Crippen MR) is 65.7 cm³/mol. The van der Waals surface area contributed by atoms with Crippen LogP contribution in [0.15, 0.2) is 12.4 Å². The largest absolute Gasteiger partial charge is 0.419 e. The van der Waals surface area contributed by atoms with Gasteiger partial charge in [0.15, 0.2) is 5.60 Å². The van der Waals surface area contributed by atoms with Gasteiger partial charge in [0.1, 0.15) is 12.4 Å². The first-order valence-electron chi connectivity index (χ1n) is 6.36. The molecule has 1 aromatic rings. The van der Waals surface area contributed by atoms with Crippen LogP contribution in [-0.2, 0) is 11.3 Å². The summed E-state index contributed by atoms with van der Waals surface area (Å²) >= 11 is 0. The van der Waals surface area contributed by atoms with Crippen LogP contribution >= 0.6 is 0 Å². The highest BCUT2D eigenvalue weighted by molar-refractivity contribution is 5.76. The Morgan fingerprint density at radius 3 is 2.73 bits per heavy atom. The molecule has 2 heterocycles. The third-order valence-corrected chi connectivity index (χ3v) is 3.51. The molecule has 1 N–H and O–H groups in total. The number of aliphatic hydroxyl groups is 1. The van der Waals surface area contributed by atoms with Crippen molar-refractivity contribution in [1.29, 1.82) is 0 Å². The number of halogens is 3. The van der Waals surface area contributed by atoms with Crippen LogP contribution in [0.25, 0.3) is 0 Å². The number of nitro groups is 1. The predicted octanol–water partition coefficient (Wildman–Crippen LogP) is 0.707. The number of aromatic nitrogens is 2.